The van der Waals surface area contributed by atoms with Crippen LogP contribution in [0.2, 0.25) is 0 Å². The minimum absolute atomic E-state index is 0.285. The maximum absolute atomic E-state index is 10.5. The Morgan fingerprint density at radius 2 is 2.30 bits per heavy atom. The van der Waals surface area contributed by atoms with Crippen molar-refractivity contribution in [2.75, 3.05) is 0 Å². The van der Waals surface area contributed by atoms with Crippen molar-refractivity contribution in [3.8, 4) is 0 Å². The van der Waals surface area contributed by atoms with Crippen molar-refractivity contribution < 1.29 is 4.92 Å². The summed E-state index contributed by atoms with van der Waals surface area (Å²) in [4.78, 5) is 22.1. The standard InChI is InChI=1S/C5H4N2O3/c8-4-1-2-6-5(3-4)7(9)10/h1-3H,(H,6,8). The van der Waals surface area contributed by atoms with Crippen molar-refractivity contribution in [3.63, 3.8) is 0 Å². The fourth-order valence-corrected chi connectivity index (χ4v) is 0.539. The molecule has 1 aromatic rings. The molecule has 0 saturated carbocycles. The molecule has 1 aromatic heterocycles. The normalized spacial score (nSPS) is 9.20. The molecule has 0 atom stereocenters. The predicted octanol–water partition coefficient (Wildman–Crippen LogP) is 0.283. The van der Waals surface area contributed by atoms with Crippen LogP contribution in [-0.4, -0.2) is 9.91 Å². The number of nitrogens with zero attached hydrogens (tertiary/aromatic N) is 1. The van der Waals surface area contributed by atoms with Crippen LogP contribution >= 0.6 is 0 Å². The van der Waals surface area contributed by atoms with Gasteiger partial charge in [-0.15, -0.1) is 0 Å². The van der Waals surface area contributed by atoms with Crippen LogP contribution < -0.4 is 5.43 Å². The molecule has 1 rings (SSSR count). The summed E-state index contributed by atoms with van der Waals surface area (Å²) in [5.74, 6) is -0.285. The van der Waals surface area contributed by atoms with Crippen LogP contribution in [0.3, 0.4) is 0 Å². The lowest BCUT2D eigenvalue weighted by Gasteiger charge is -1.89. The van der Waals surface area contributed by atoms with Crippen molar-refractivity contribution in [1.82, 2.24) is 4.98 Å². The first-order valence-corrected chi connectivity index (χ1v) is 2.53. The second-order valence-corrected chi connectivity index (χ2v) is 1.67. The van der Waals surface area contributed by atoms with Crippen LogP contribution in [0, 0.1) is 10.1 Å². The van der Waals surface area contributed by atoms with Gasteiger partial charge in [0.25, 0.3) is 0 Å². The molecule has 5 heteroatoms. The second kappa shape index (κ2) is 2.30. The van der Waals surface area contributed by atoms with Crippen LogP contribution in [0.5, 0.6) is 0 Å². The molecule has 0 aliphatic carbocycles. The third kappa shape index (κ3) is 1.19. The largest absolute Gasteiger partial charge is 0.358 e. The SMILES string of the molecule is O=c1cc[nH]c([N+](=O)[O-])c1. The summed E-state index contributed by atoms with van der Waals surface area (Å²) in [6.45, 7) is 0. The third-order valence-electron chi connectivity index (χ3n) is 0.954. The van der Waals surface area contributed by atoms with Gasteiger partial charge in [0.15, 0.2) is 5.43 Å². The van der Waals surface area contributed by atoms with Crippen LogP contribution in [0.1, 0.15) is 0 Å². The van der Waals surface area contributed by atoms with Crippen molar-refractivity contribution in [2.45, 2.75) is 0 Å². The Morgan fingerprint density at radius 3 is 2.70 bits per heavy atom. The van der Waals surface area contributed by atoms with E-state index in [1.165, 1.54) is 12.3 Å². The van der Waals surface area contributed by atoms with E-state index < -0.39 is 4.92 Å². The highest BCUT2D eigenvalue weighted by Gasteiger charge is 2.00. The van der Waals surface area contributed by atoms with E-state index in [0.717, 1.165) is 6.07 Å². The summed E-state index contributed by atoms with van der Waals surface area (Å²) in [5.41, 5.74) is -0.370. The maximum atomic E-state index is 10.5. The van der Waals surface area contributed by atoms with Crippen molar-refractivity contribution in [1.29, 1.82) is 0 Å². The molecule has 0 bridgehead atoms. The Morgan fingerprint density at radius 1 is 1.60 bits per heavy atom. The molecule has 0 fully saturated rings. The Bertz CT molecular complexity index is 304. The summed E-state index contributed by atoms with van der Waals surface area (Å²) >= 11 is 0. The van der Waals surface area contributed by atoms with Gasteiger partial charge in [0.05, 0.1) is 12.3 Å². The lowest BCUT2D eigenvalue weighted by Crippen LogP contribution is -2.00. The minimum Gasteiger partial charge on any atom is -0.358 e. The zero-order chi connectivity index (χ0) is 7.56. The first-order chi connectivity index (χ1) is 4.70. The molecule has 5 nitrogen and oxygen atoms in total. The van der Waals surface area contributed by atoms with Gasteiger partial charge in [0, 0.05) is 6.07 Å². The molecule has 0 aromatic carbocycles. The van der Waals surface area contributed by atoms with Gasteiger partial charge in [0.2, 0.25) is 0 Å². The first-order valence-electron chi connectivity index (χ1n) is 2.53. The smallest absolute Gasteiger partial charge is 0.324 e. The molecule has 0 amide bonds. The Labute approximate surface area is 55.5 Å². The van der Waals surface area contributed by atoms with Crippen molar-refractivity contribution >= 4 is 5.82 Å². The van der Waals surface area contributed by atoms with Gasteiger partial charge in [-0.05, 0) is 4.92 Å². The zero-order valence-electron chi connectivity index (χ0n) is 4.90. The number of hydrogen-bond acceptors (Lipinski definition) is 3. The van der Waals surface area contributed by atoms with E-state index in [0.29, 0.717) is 0 Å². The van der Waals surface area contributed by atoms with Gasteiger partial charge in [-0.2, -0.15) is 0 Å². The number of rotatable bonds is 1. The molecular weight excluding hydrogens is 136 g/mol. The van der Waals surface area contributed by atoms with Crippen LogP contribution in [0.4, 0.5) is 5.82 Å². The Hall–Kier alpha value is -1.65. The van der Waals surface area contributed by atoms with E-state index >= 15 is 0 Å². The van der Waals surface area contributed by atoms with E-state index in [4.69, 9.17) is 0 Å². The average Bonchev–Trinajstić information content (AvgIpc) is 1.88. The van der Waals surface area contributed by atoms with Gasteiger partial charge in [-0.3, -0.25) is 4.79 Å². The molecule has 0 spiro atoms. The summed E-state index contributed by atoms with van der Waals surface area (Å²) in [6.07, 6.45) is 1.24. The Balaban J connectivity index is 3.20. The predicted molar refractivity (Wildman–Crippen MR) is 33.7 cm³/mol. The number of pyridine rings is 1. The van der Waals surface area contributed by atoms with E-state index in [9.17, 15) is 14.9 Å². The molecule has 10 heavy (non-hydrogen) atoms. The average molecular weight is 140 g/mol. The lowest BCUT2D eigenvalue weighted by molar-refractivity contribution is -0.389. The molecule has 0 saturated heterocycles. The maximum Gasteiger partial charge on any atom is 0.324 e. The van der Waals surface area contributed by atoms with Crippen molar-refractivity contribution in [2.24, 2.45) is 0 Å². The first kappa shape index (κ1) is 6.47. The number of nitro groups is 1. The fourth-order valence-electron chi connectivity index (χ4n) is 0.539. The molecule has 0 aliphatic heterocycles. The quantitative estimate of drug-likeness (QED) is 0.449. The third-order valence-corrected chi connectivity index (χ3v) is 0.954. The molecule has 0 unspecified atom stereocenters. The molecule has 1 N–H and O–H groups in total. The highest BCUT2D eigenvalue weighted by molar-refractivity contribution is 5.16. The lowest BCUT2D eigenvalue weighted by atomic mass is 10.4. The number of H-pyrrole nitrogens is 1. The second-order valence-electron chi connectivity index (χ2n) is 1.67. The zero-order valence-corrected chi connectivity index (χ0v) is 4.90. The molecule has 0 radical (unpaired) electrons. The summed E-state index contributed by atoms with van der Waals surface area (Å²) in [6, 6.07) is 2.15. The highest BCUT2D eigenvalue weighted by atomic mass is 16.6. The number of aromatic amines is 1. The molecule has 1 heterocycles. The summed E-state index contributed by atoms with van der Waals surface area (Å²) < 4.78 is 0. The topological polar surface area (TPSA) is 76.0 Å². The van der Waals surface area contributed by atoms with Crippen LogP contribution in [0.25, 0.3) is 0 Å². The van der Waals surface area contributed by atoms with Gasteiger partial charge in [0.1, 0.15) is 0 Å². The van der Waals surface area contributed by atoms with E-state index in [1.54, 1.807) is 0 Å². The van der Waals surface area contributed by atoms with Gasteiger partial charge < -0.3 is 10.1 Å². The van der Waals surface area contributed by atoms with Gasteiger partial charge in [-0.25, -0.2) is 4.98 Å². The van der Waals surface area contributed by atoms with E-state index in [1.807, 2.05) is 0 Å². The number of nitrogens with one attached hydrogen (secondary N) is 1. The monoisotopic (exact) mass is 140 g/mol. The minimum atomic E-state index is -0.651. The van der Waals surface area contributed by atoms with E-state index in [-0.39, 0.29) is 11.2 Å². The van der Waals surface area contributed by atoms with Gasteiger partial charge in [-0.1, -0.05) is 0 Å². The molecule has 0 aliphatic rings. The highest BCUT2D eigenvalue weighted by Crippen LogP contribution is 1.98. The summed E-state index contributed by atoms with van der Waals surface area (Å²) in [5, 5.41) is 9.99. The van der Waals surface area contributed by atoms with Crippen molar-refractivity contribution in [3.05, 3.63) is 38.7 Å². The van der Waals surface area contributed by atoms with Gasteiger partial charge >= 0.3 is 5.82 Å². The molecule has 52 valence electrons. The summed E-state index contributed by atoms with van der Waals surface area (Å²) in [7, 11) is 0. The number of aromatic nitrogens is 1. The number of hydrogen-bond donors (Lipinski definition) is 1. The van der Waals surface area contributed by atoms with Crippen LogP contribution in [-0.2, 0) is 0 Å². The van der Waals surface area contributed by atoms with Crippen LogP contribution in [0.15, 0.2) is 23.1 Å². The van der Waals surface area contributed by atoms with E-state index in [2.05, 4.69) is 4.98 Å². The fraction of sp³-hybridized carbons (Fsp3) is 0. The molecular formula is C5H4N2O3. The Kier molecular flexibility index (Phi) is 1.49.